The van der Waals surface area contributed by atoms with Gasteiger partial charge in [0.1, 0.15) is 0 Å². The summed E-state index contributed by atoms with van der Waals surface area (Å²) in [5.74, 6) is 1.02. The molecule has 0 fully saturated rings. The van der Waals surface area contributed by atoms with E-state index in [9.17, 15) is 4.79 Å². The van der Waals surface area contributed by atoms with E-state index >= 15 is 0 Å². The summed E-state index contributed by atoms with van der Waals surface area (Å²) in [6, 6.07) is 18.2. The van der Waals surface area contributed by atoms with Crippen molar-refractivity contribution in [2.24, 2.45) is 0 Å². The number of amides is 1. The van der Waals surface area contributed by atoms with E-state index in [0.717, 1.165) is 30.0 Å². The van der Waals surface area contributed by atoms with E-state index in [2.05, 4.69) is 65.1 Å². The highest BCUT2D eigenvalue weighted by atomic mass is 32.2. The molecule has 0 aliphatic rings. The predicted molar refractivity (Wildman–Crippen MR) is 128 cm³/mol. The van der Waals surface area contributed by atoms with E-state index in [4.69, 9.17) is 0 Å². The van der Waals surface area contributed by atoms with Crippen LogP contribution in [0.4, 0.5) is 5.69 Å². The molecule has 0 saturated heterocycles. The Labute approximate surface area is 188 Å². The molecule has 0 atom stereocenters. The number of nitrogens with one attached hydrogen (secondary N) is 1. The van der Waals surface area contributed by atoms with Gasteiger partial charge < -0.3 is 10.2 Å². The van der Waals surface area contributed by atoms with E-state index in [1.807, 2.05) is 41.0 Å². The highest BCUT2D eigenvalue weighted by Crippen LogP contribution is 2.26. The number of carbonyl (C=O) groups excluding carboxylic acids is 1. The van der Waals surface area contributed by atoms with Crippen LogP contribution >= 0.6 is 11.8 Å². The highest BCUT2D eigenvalue weighted by Gasteiger charge is 2.15. The Morgan fingerprint density at radius 2 is 1.81 bits per heavy atom. The van der Waals surface area contributed by atoms with Gasteiger partial charge in [-0.05, 0) is 43.7 Å². The van der Waals surface area contributed by atoms with Crippen molar-refractivity contribution in [1.29, 1.82) is 0 Å². The zero-order valence-electron chi connectivity index (χ0n) is 18.1. The van der Waals surface area contributed by atoms with Crippen LogP contribution in [0, 0.1) is 0 Å². The molecule has 3 rings (SSSR count). The van der Waals surface area contributed by atoms with Crippen LogP contribution < -0.4 is 10.2 Å². The van der Waals surface area contributed by atoms with Gasteiger partial charge in [0.25, 0.3) is 0 Å². The number of allylic oxidation sites excluding steroid dienone is 1. The first kappa shape index (κ1) is 22.6. The standard InChI is InChI=1S/C24H29N5OS/c1-4-16-29-23(20-12-14-21(15-13-20)28(5-2)6-3)26-27-24(29)31-18-22(30)25-17-19-10-8-7-9-11-19/h4,7-15H,1,5-6,16-18H2,2-3H3,(H,25,30). The third kappa shape index (κ3) is 5.98. The van der Waals surface area contributed by atoms with Crippen molar-refractivity contribution in [3.63, 3.8) is 0 Å². The maximum atomic E-state index is 12.3. The molecule has 2 aromatic carbocycles. The Bertz CT molecular complexity index is 981. The van der Waals surface area contributed by atoms with Gasteiger partial charge in [-0.2, -0.15) is 0 Å². The van der Waals surface area contributed by atoms with Crippen LogP contribution in [0.2, 0.25) is 0 Å². The molecular formula is C24H29N5OS. The van der Waals surface area contributed by atoms with Gasteiger partial charge >= 0.3 is 0 Å². The second-order valence-corrected chi connectivity index (χ2v) is 7.92. The van der Waals surface area contributed by atoms with Crippen LogP contribution in [-0.2, 0) is 17.9 Å². The molecule has 6 nitrogen and oxygen atoms in total. The number of thioether (sulfide) groups is 1. The molecule has 162 valence electrons. The summed E-state index contributed by atoms with van der Waals surface area (Å²) in [4.78, 5) is 14.6. The molecule has 7 heteroatoms. The first-order valence-electron chi connectivity index (χ1n) is 10.5. The van der Waals surface area contributed by atoms with Crippen LogP contribution in [0.25, 0.3) is 11.4 Å². The first-order valence-corrected chi connectivity index (χ1v) is 11.5. The van der Waals surface area contributed by atoms with Crippen LogP contribution in [0.15, 0.2) is 72.4 Å². The highest BCUT2D eigenvalue weighted by molar-refractivity contribution is 7.99. The van der Waals surface area contributed by atoms with Crippen LogP contribution in [0.1, 0.15) is 19.4 Å². The smallest absolute Gasteiger partial charge is 0.230 e. The van der Waals surface area contributed by atoms with E-state index in [1.165, 1.54) is 17.4 Å². The minimum Gasteiger partial charge on any atom is -0.372 e. The van der Waals surface area contributed by atoms with Gasteiger partial charge in [0.15, 0.2) is 11.0 Å². The fourth-order valence-electron chi connectivity index (χ4n) is 3.29. The summed E-state index contributed by atoms with van der Waals surface area (Å²) in [6.07, 6.45) is 1.82. The zero-order chi connectivity index (χ0) is 22.1. The fraction of sp³-hybridized carbons (Fsp3) is 0.292. The fourth-order valence-corrected chi connectivity index (χ4v) is 4.07. The van der Waals surface area contributed by atoms with Crippen molar-refractivity contribution in [1.82, 2.24) is 20.1 Å². The van der Waals surface area contributed by atoms with Gasteiger partial charge in [0, 0.05) is 37.4 Å². The summed E-state index contributed by atoms with van der Waals surface area (Å²) in [6.45, 7) is 11.2. The second kappa shape index (κ2) is 11.4. The lowest BCUT2D eigenvalue weighted by Crippen LogP contribution is -2.24. The third-order valence-electron chi connectivity index (χ3n) is 4.95. The van der Waals surface area contributed by atoms with Gasteiger partial charge in [-0.1, -0.05) is 48.2 Å². The van der Waals surface area contributed by atoms with E-state index in [1.54, 1.807) is 0 Å². The summed E-state index contributed by atoms with van der Waals surface area (Å²) >= 11 is 1.38. The lowest BCUT2D eigenvalue weighted by molar-refractivity contribution is -0.118. The second-order valence-electron chi connectivity index (χ2n) is 6.98. The maximum Gasteiger partial charge on any atom is 0.230 e. The van der Waals surface area contributed by atoms with Gasteiger partial charge in [-0.15, -0.1) is 16.8 Å². The van der Waals surface area contributed by atoms with Crippen molar-refractivity contribution in [3.8, 4) is 11.4 Å². The lowest BCUT2D eigenvalue weighted by atomic mass is 10.2. The van der Waals surface area contributed by atoms with Gasteiger partial charge in [-0.3, -0.25) is 9.36 Å². The molecule has 0 radical (unpaired) electrons. The Morgan fingerprint density at radius 3 is 2.45 bits per heavy atom. The molecule has 0 unspecified atom stereocenters. The van der Waals surface area contributed by atoms with Gasteiger partial charge in [0.05, 0.1) is 5.75 Å². The average molecular weight is 436 g/mol. The van der Waals surface area contributed by atoms with Crippen LogP contribution in [-0.4, -0.2) is 39.5 Å². The Morgan fingerprint density at radius 1 is 1.10 bits per heavy atom. The molecule has 1 N–H and O–H groups in total. The first-order chi connectivity index (χ1) is 15.2. The number of benzene rings is 2. The molecule has 1 amide bonds. The van der Waals surface area contributed by atoms with Crippen molar-refractivity contribution in [3.05, 3.63) is 72.8 Å². The minimum atomic E-state index is -0.0351. The van der Waals surface area contributed by atoms with E-state index < -0.39 is 0 Å². The number of anilines is 1. The number of carbonyl (C=O) groups is 1. The molecule has 0 aliphatic heterocycles. The largest absolute Gasteiger partial charge is 0.372 e. The number of nitrogens with zero attached hydrogens (tertiary/aromatic N) is 4. The monoisotopic (exact) mass is 435 g/mol. The molecule has 31 heavy (non-hydrogen) atoms. The number of hydrogen-bond acceptors (Lipinski definition) is 5. The van der Waals surface area contributed by atoms with Crippen molar-refractivity contribution in [2.75, 3.05) is 23.7 Å². The van der Waals surface area contributed by atoms with E-state index in [-0.39, 0.29) is 11.7 Å². The third-order valence-corrected chi connectivity index (χ3v) is 5.91. The molecule has 0 aliphatic carbocycles. The SMILES string of the molecule is C=CCn1c(SCC(=O)NCc2ccccc2)nnc1-c1ccc(N(CC)CC)cc1. The zero-order valence-corrected chi connectivity index (χ0v) is 18.9. The van der Waals surface area contributed by atoms with Gasteiger partial charge in [-0.25, -0.2) is 0 Å². The molecule has 1 aromatic heterocycles. The maximum absolute atomic E-state index is 12.3. The topological polar surface area (TPSA) is 63.1 Å². The Kier molecular flexibility index (Phi) is 8.29. The van der Waals surface area contributed by atoms with Crippen molar-refractivity contribution < 1.29 is 4.79 Å². The Balaban J connectivity index is 1.67. The number of hydrogen-bond donors (Lipinski definition) is 1. The quantitative estimate of drug-likeness (QED) is 0.358. The number of aromatic nitrogens is 3. The summed E-state index contributed by atoms with van der Waals surface area (Å²) in [5, 5.41) is 12.4. The van der Waals surface area contributed by atoms with Crippen LogP contribution in [0.3, 0.4) is 0 Å². The molecule has 1 heterocycles. The summed E-state index contributed by atoms with van der Waals surface area (Å²) in [7, 11) is 0. The molecule has 0 bridgehead atoms. The van der Waals surface area contributed by atoms with Gasteiger partial charge in [0.2, 0.25) is 5.91 Å². The average Bonchev–Trinajstić information content (AvgIpc) is 3.21. The lowest BCUT2D eigenvalue weighted by Gasteiger charge is -2.21. The normalized spacial score (nSPS) is 10.6. The summed E-state index contributed by atoms with van der Waals surface area (Å²) < 4.78 is 1.99. The number of rotatable bonds is 11. The van der Waals surface area contributed by atoms with Crippen molar-refractivity contribution >= 4 is 23.4 Å². The molecule has 3 aromatic rings. The van der Waals surface area contributed by atoms with Crippen molar-refractivity contribution in [2.45, 2.75) is 32.1 Å². The Hall–Kier alpha value is -3.06. The van der Waals surface area contributed by atoms with E-state index in [0.29, 0.717) is 18.2 Å². The van der Waals surface area contributed by atoms with Crippen LogP contribution in [0.5, 0.6) is 0 Å². The molecule has 0 spiro atoms. The minimum absolute atomic E-state index is 0.0351. The summed E-state index contributed by atoms with van der Waals surface area (Å²) in [5.41, 5.74) is 3.25. The molecule has 0 saturated carbocycles. The predicted octanol–water partition coefficient (Wildman–Crippen LogP) is 4.39. The molecular weight excluding hydrogens is 406 g/mol.